The van der Waals surface area contributed by atoms with Crippen molar-refractivity contribution in [2.24, 2.45) is 16.6 Å². The Labute approximate surface area is 191 Å². The highest BCUT2D eigenvalue weighted by Crippen LogP contribution is 2.45. The summed E-state index contributed by atoms with van der Waals surface area (Å²) in [5.41, 5.74) is 3.02. The number of hydrogen-bond donors (Lipinski definition) is 2. The van der Waals surface area contributed by atoms with E-state index in [0.29, 0.717) is 6.42 Å². The van der Waals surface area contributed by atoms with Gasteiger partial charge in [0, 0.05) is 23.7 Å². The van der Waals surface area contributed by atoms with Crippen LogP contribution in [0.2, 0.25) is 0 Å². The number of aromatic nitrogens is 2. The lowest BCUT2D eigenvalue weighted by molar-refractivity contribution is -0.109. The number of halogens is 4. The molecule has 0 radical (unpaired) electrons. The molecule has 1 aromatic carbocycles. The summed E-state index contributed by atoms with van der Waals surface area (Å²) in [6.45, 7) is -0.565. The second-order valence-corrected chi connectivity index (χ2v) is 7.92. The van der Waals surface area contributed by atoms with Gasteiger partial charge in [0.05, 0.1) is 31.0 Å². The third kappa shape index (κ3) is 4.34. The minimum absolute atomic E-state index is 0.0208. The summed E-state index contributed by atoms with van der Waals surface area (Å²) >= 11 is 0. The molecule has 1 amide bonds. The van der Waals surface area contributed by atoms with Gasteiger partial charge in [0.25, 0.3) is 11.9 Å². The largest absolute Gasteiger partial charge is 0.462 e. The average molecular weight is 483 g/mol. The van der Waals surface area contributed by atoms with E-state index in [-0.39, 0.29) is 36.0 Å². The molecule has 4 rings (SSSR count). The Hall–Kier alpha value is -3.48. The first-order chi connectivity index (χ1) is 16.3. The zero-order chi connectivity index (χ0) is 24.5. The number of carbonyl (C=O) groups excluding carboxylic acids is 1. The third-order valence-corrected chi connectivity index (χ3v) is 5.79. The van der Waals surface area contributed by atoms with Crippen LogP contribution in [0.3, 0.4) is 0 Å². The van der Waals surface area contributed by atoms with E-state index < -0.39 is 54.2 Å². The van der Waals surface area contributed by atoms with Crippen molar-refractivity contribution < 1.29 is 36.6 Å². The lowest BCUT2D eigenvalue weighted by Crippen LogP contribution is -2.55. The molecule has 0 saturated carbocycles. The minimum atomic E-state index is -1.93. The highest BCUT2D eigenvalue weighted by molar-refractivity contribution is 6.02. The van der Waals surface area contributed by atoms with Crippen molar-refractivity contribution in [3.8, 4) is 5.88 Å². The summed E-state index contributed by atoms with van der Waals surface area (Å²) in [7, 11) is 0. The molecule has 3 heterocycles. The lowest BCUT2D eigenvalue weighted by atomic mass is 9.73. The van der Waals surface area contributed by atoms with Crippen molar-refractivity contribution in [2.75, 3.05) is 25.5 Å². The number of nitrogens with zero attached hydrogens (tertiary/aromatic N) is 3. The Morgan fingerprint density at radius 1 is 1.29 bits per heavy atom. The Morgan fingerprint density at radius 2 is 2.09 bits per heavy atom. The van der Waals surface area contributed by atoms with E-state index in [4.69, 9.17) is 15.2 Å². The Balaban J connectivity index is 1.69. The topological polar surface area (TPSA) is 121 Å². The molecule has 0 aliphatic carbocycles. The van der Waals surface area contributed by atoms with Gasteiger partial charge in [0.2, 0.25) is 12.7 Å². The molecule has 1 fully saturated rings. The fourth-order valence-electron chi connectivity index (χ4n) is 4.17. The first kappa shape index (κ1) is 23.7. The first-order valence-corrected chi connectivity index (χ1v) is 10.3. The SMILES string of the molecule is C[C@@H]1C[C@H]2OC(N)=N[C@](CF)(c3cc(NC(=O)c4cnc(OCF)cn4)cc(F)c3F)[C@H]2CO1. The third-order valence-electron chi connectivity index (χ3n) is 5.79. The van der Waals surface area contributed by atoms with Gasteiger partial charge in [-0.3, -0.25) is 4.79 Å². The number of benzene rings is 1. The quantitative estimate of drug-likeness (QED) is 0.606. The number of hydrogen-bond acceptors (Lipinski definition) is 8. The summed E-state index contributed by atoms with van der Waals surface area (Å²) in [6, 6.07) is 1.47. The monoisotopic (exact) mass is 483 g/mol. The Bertz CT molecular complexity index is 1100. The van der Waals surface area contributed by atoms with Crippen molar-refractivity contribution in [3.05, 3.63) is 47.4 Å². The number of rotatable bonds is 6. The number of alkyl halides is 2. The molecule has 1 aromatic heterocycles. The van der Waals surface area contributed by atoms with Crippen LogP contribution in [-0.2, 0) is 15.0 Å². The molecule has 2 aliphatic rings. The van der Waals surface area contributed by atoms with E-state index in [0.717, 1.165) is 24.5 Å². The van der Waals surface area contributed by atoms with Crippen LogP contribution in [0.25, 0.3) is 0 Å². The molecule has 182 valence electrons. The standard InChI is InChI=1S/C21H21F4N5O4/c1-10-2-16-13(7-32-10)21(8-22,30-20(26)34-16)12-3-11(4-14(24)18(12)25)29-19(31)15-5-28-17(6-27-15)33-9-23/h3-6,10,13,16H,2,7-9H2,1H3,(H2,26,30)(H,29,31)/t10-,13+,16-,21-/m1/s1. The van der Waals surface area contributed by atoms with Crippen LogP contribution in [0.1, 0.15) is 29.4 Å². The number of fused-ring (bicyclic) bond motifs is 1. The molecule has 13 heteroatoms. The molecule has 0 spiro atoms. The van der Waals surface area contributed by atoms with Gasteiger partial charge in [0.15, 0.2) is 11.6 Å². The number of amidine groups is 1. The van der Waals surface area contributed by atoms with Gasteiger partial charge >= 0.3 is 0 Å². The molecule has 1 saturated heterocycles. The van der Waals surface area contributed by atoms with Gasteiger partial charge < -0.3 is 25.3 Å². The number of amides is 1. The fourth-order valence-corrected chi connectivity index (χ4v) is 4.17. The molecular formula is C21H21F4N5O4. The van der Waals surface area contributed by atoms with Crippen LogP contribution in [0, 0.1) is 17.6 Å². The van der Waals surface area contributed by atoms with Crippen molar-refractivity contribution in [1.29, 1.82) is 0 Å². The van der Waals surface area contributed by atoms with Crippen LogP contribution in [0.15, 0.2) is 29.5 Å². The van der Waals surface area contributed by atoms with Gasteiger partial charge in [-0.25, -0.2) is 32.5 Å². The van der Waals surface area contributed by atoms with Gasteiger partial charge in [0.1, 0.15) is 24.0 Å². The van der Waals surface area contributed by atoms with E-state index in [2.05, 4.69) is 25.0 Å². The van der Waals surface area contributed by atoms with Crippen LogP contribution in [0.5, 0.6) is 5.88 Å². The number of nitrogens with one attached hydrogen (secondary N) is 1. The molecular weight excluding hydrogens is 462 g/mol. The van der Waals surface area contributed by atoms with E-state index in [1.54, 1.807) is 6.92 Å². The molecule has 9 nitrogen and oxygen atoms in total. The fraction of sp³-hybridized carbons (Fsp3) is 0.429. The minimum Gasteiger partial charge on any atom is -0.462 e. The summed E-state index contributed by atoms with van der Waals surface area (Å²) in [5, 5.41) is 2.36. The molecule has 0 unspecified atom stereocenters. The summed E-state index contributed by atoms with van der Waals surface area (Å²) in [4.78, 5) is 24.1. The van der Waals surface area contributed by atoms with Crippen molar-refractivity contribution in [1.82, 2.24) is 9.97 Å². The molecule has 2 aliphatic heterocycles. The zero-order valence-corrected chi connectivity index (χ0v) is 17.9. The maximum absolute atomic E-state index is 15.0. The zero-order valence-electron chi connectivity index (χ0n) is 17.9. The second kappa shape index (κ2) is 9.41. The number of carbonyl (C=O) groups is 1. The van der Waals surface area contributed by atoms with Gasteiger partial charge in [-0.05, 0) is 13.0 Å². The van der Waals surface area contributed by atoms with Crippen LogP contribution in [-0.4, -0.2) is 54.2 Å². The highest BCUT2D eigenvalue weighted by Gasteiger charge is 2.53. The van der Waals surface area contributed by atoms with Crippen molar-refractivity contribution in [2.45, 2.75) is 31.1 Å². The molecule has 0 bridgehead atoms. The summed E-state index contributed by atoms with van der Waals surface area (Å²) < 4.78 is 72.1. The maximum atomic E-state index is 15.0. The predicted molar refractivity (Wildman–Crippen MR) is 111 cm³/mol. The van der Waals surface area contributed by atoms with Crippen LogP contribution in [0.4, 0.5) is 23.2 Å². The number of ether oxygens (including phenoxy) is 3. The Kier molecular flexibility index (Phi) is 6.55. The molecule has 4 atom stereocenters. The van der Waals surface area contributed by atoms with Crippen LogP contribution >= 0.6 is 0 Å². The van der Waals surface area contributed by atoms with Crippen molar-refractivity contribution >= 4 is 17.6 Å². The lowest BCUT2D eigenvalue weighted by Gasteiger charge is -2.46. The van der Waals surface area contributed by atoms with Crippen molar-refractivity contribution in [3.63, 3.8) is 0 Å². The molecule has 34 heavy (non-hydrogen) atoms. The van der Waals surface area contributed by atoms with E-state index in [9.17, 15) is 18.0 Å². The predicted octanol–water partition coefficient (Wildman–Crippen LogP) is 2.62. The smallest absolute Gasteiger partial charge is 0.283 e. The number of nitrogens with two attached hydrogens (primary N) is 1. The van der Waals surface area contributed by atoms with Gasteiger partial charge in [-0.15, -0.1) is 0 Å². The summed E-state index contributed by atoms with van der Waals surface area (Å²) in [6.07, 6.45) is 1.55. The average Bonchev–Trinajstić information content (AvgIpc) is 2.81. The van der Waals surface area contributed by atoms with Gasteiger partial charge in [-0.2, -0.15) is 0 Å². The highest BCUT2D eigenvalue weighted by atomic mass is 19.2. The Morgan fingerprint density at radius 3 is 2.76 bits per heavy atom. The van der Waals surface area contributed by atoms with Gasteiger partial charge in [-0.1, -0.05) is 0 Å². The van der Waals surface area contributed by atoms with E-state index in [1.807, 2.05) is 0 Å². The number of anilines is 1. The number of aliphatic imine (C=N–C) groups is 1. The van der Waals surface area contributed by atoms with E-state index in [1.165, 1.54) is 0 Å². The van der Waals surface area contributed by atoms with E-state index >= 15 is 4.39 Å². The normalized spacial score (nSPS) is 26.1. The maximum Gasteiger partial charge on any atom is 0.283 e. The molecule has 2 aromatic rings. The second-order valence-electron chi connectivity index (χ2n) is 7.92. The van der Waals surface area contributed by atoms with Crippen LogP contribution < -0.4 is 15.8 Å². The first-order valence-electron chi connectivity index (χ1n) is 10.3. The summed E-state index contributed by atoms with van der Waals surface area (Å²) in [5.74, 6) is -4.44. The molecule has 3 N–H and O–H groups in total.